The number of hydrogen-bond acceptors (Lipinski definition) is 8. The summed E-state index contributed by atoms with van der Waals surface area (Å²) in [6, 6.07) is 10.6. The van der Waals surface area contributed by atoms with Crippen molar-refractivity contribution in [1.82, 2.24) is 14.9 Å². The van der Waals surface area contributed by atoms with E-state index in [1.54, 1.807) is 24.3 Å². The molecule has 6 N–H and O–H groups in total. The van der Waals surface area contributed by atoms with E-state index in [1.807, 2.05) is 4.90 Å². The van der Waals surface area contributed by atoms with Gasteiger partial charge in [0.1, 0.15) is 17.6 Å². The Kier molecular flexibility index (Phi) is 8.68. The topological polar surface area (TPSA) is 195 Å². The molecular formula is C23H28N6O7S. The highest BCUT2D eigenvalue weighted by atomic mass is 32.2. The highest BCUT2D eigenvalue weighted by molar-refractivity contribution is 7.89. The van der Waals surface area contributed by atoms with Gasteiger partial charge in [0, 0.05) is 30.9 Å². The average Bonchev–Trinajstić information content (AvgIpc) is 2.87. The molecule has 0 unspecified atom stereocenters. The van der Waals surface area contributed by atoms with Crippen LogP contribution in [0.1, 0.15) is 5.56 Å². The third-order valence-electron chi connectivity index (χ3n) is 5.67. The van der Waals surface area contributed by atoms with Crippen LogP contribution in [0.3, 0.4) is 0 Å². The van der Waals surface area contributed by atoms with Gasteiger partial charge in [0.05, 0.1) is 25.1 Å². The largest absolute Gasteiger partial charge is 0.497 e. The van der Waals surface area contributed by atoms with Crippen molar-refractivity contribution >= 4 is 39.3 Å². The number of carbonyl (C=O) groups is 3. The van der Waals surface area contributed by atoms with Crippen molar-refractivity contribution in [3.05, 3.63) is 54.1 Å². The fraction of sp³-hybridized carbons (Fsp3) is 0.304. The molecule has 0 aliphatic carbocycles. The summed E-state index contributed by atoms with van der Waals surface area (Å²) in [7, 11) is -2.76. The van der Waals surface area contributed by atoms with E-state index >= 15 is 0 Å². The molecule has 1 fully saturated rings. The molecule has 198 valence electrons. The summed E-state index contributed by atoms with van der Waals surface area (Å²) in [5.41, 5.74) is 6.80. The first-order chi connectivity index (χ1) is 17.5. The highest BCUT2D eigenvalue weighted by Gasteiger charge is 2.28. The van der Waals surface area contributed by atoms with Crippen molar-refractivity contribution < 1.29 is 32.6 Å². The minimum Gasteiger partial charge on any atom is -0.497 e. The monoisotopic (exact) mass is 532 g/mol. The number of amidine groups is 1. The van der Waals surface area contributed by atoms with Gasteiger partial charge in [0.15, 0.2) is 0 Å². The van der Waals surface area contributed by atoms with Crippen LogP contribution in [0.2, 0.25) is 0 Å². The lowest BCUT2D eigenvalue weighted by molar-refractivity contribution is -0.139. The van der Waals surface area contributed by atoms with Gasteiger partial charge in [-0.3, -0.25) is 19.8 Å². The minimum absolute atomic E-state index is 0.0338. The van der Waals surface area contributed by atoms with Crippen molar-refractivity contribution in [3.8, 4) is 5.75 Å². The summed E-state index contributed by atoms with van der Waals surface area (Å²) in [6.07, 6.45) is 0. The molecule has 0 radical (unpaired) electrons. The lowest BCUT2D eigenvalue weighted by Crippen LogP contribution is -2.54. The second-order valence-electron chi connectivity index (χ2n) is 8.19. The first kappa shape index (κ1) is 27.4. The molecular weight excluding hydrogens is 504 g/mol. The van der Waals surface area contributed by atoms with Crippen LogP contribution in [-0.2, 0) is 24.4 Å². The molecule has 2 aromatic carbocycles. The molecule has 0 saturated carbocycles. The molecule has 37 heavy (non-hydrogen) atoms. The van der Waals surface area contributed by atoms with E-state index in [0.717, 1.165) is 5.69 Å². The number of nitrogens with zero attached hydrogens (tertiary/aromatic N) is 2. The van der Waals surface area contributed by atoms with Crippen LogP contribution in [0.4, 0.5) is 5.69 Å². The number of piperazine rings is 1. The molecule has 14 heteroatoms. The summed E-state index contributed by atoms with van der Waals surface area (Å²) in [6.45, 7) is -0.0646. The molecule has 2 aromatic rings. The lowest BCUT2D eigenvalue weighted by atomic mass is 10.1. The van der Waals surface area contributed by atoms with Crippen molar-refractivity contribution in [2.45, 2.75) is 10.9 Å². The van der Waals surface area contributed by atoms with E-state index < -0.39 is 34.5 Å². The van der Waals surface area contributed by atoms with Crippen LogP contribution < -0.4 is 25.4 Å². The van der Waals surface area contributed by atoms with Crippen molar-refractivity contribution in [2.24, 2.45) is 5.73 Å². The first-order valence-corrected chi connectivity index (χ1v) is 12.6. The number of nitrogens with one attached hydrogen (secondary N) is 3. The SMILES string of the molecule is COc1ccc(S(=O)(=O)N[C@@H](CNC(=O)CN2CCN(c3ccc(C(=N)N)cc3)CC2=O)C(=O)O)cc1. The number of carboxylic acid groups (broad SMARTS) is 1. The second-order valence-corrected chi connectivity index (χ2v) is 9.90. The Labute approximate surface area is 213 Å². The Bertz CT molecular complexity index is 1270. The molecule has 0 spiro atoms. The Morgan fingerprint density at radius 3 is 2.32 bits per heavy atom. The number of nitrogens with two attached hydrogens (primary N) is 1. The number of anilines is 1. The van der Waals surface area contributed by atoms with E-state index in [0.29, 0.717) is 17.9 Å². The van der Waals surface area contributed by atoms with Gasteiger partial charge in [-0.1, -0.05) is 0 Å². The predicted molar refractivity (Wildman–Crippen MR) is 134 cm³/mol. The van der Waals surface area contributed by atoms with E-state index in [9.17, 15) is 27.9 Å². The summed E-state index contributed by atoms with van der Waals surface area (Å²) in [5.74, 6) is -2.02. The quantitative estimate of drug-likeness (QED) is 0.181. The van der Waals surface area contributed by atoms with Crippen molar-refractivity contribution in [1.29, 1.82) is 5.41 Å². The fourth-order valence-corrected chi connectivity index (χ4v) is 4.77. The van der Waals surface area contributed by atoms with Gasteiger partial charge in [0.25, 0.3) is 0 Å². The van der Waals surface area contributed by atoms with E-state index in [-0.39, 0.29) is 36.3 Å². The number of carbonyl (C=O) groups excluding carboxylic acids is 2. The Balaban J connectivity index is 1.52. The van der Waals surface area contributed by atoms with Gasteiger partial charge >= 0.3 is 5.97 Å². The Hall–Kier alpha value is -4.17. The van der Waals surface area contributed by atoms with Crippen molar-refractivity contribution in [3.63, 3.8) is 0 Å². The summed E-state index contributed by atoms with van der Waals surface area (Å²) < 4.78 is 32.1. The fourth-order valence-electron chi connectivity index (χ4n) is 3.58. The normalized spacial score (nSPS) is 14.7. The number of ether oxygens (including phenoxy) is 1. The van der Waals surface area contributed by atoms with Crippen LogP contribution >= 0.6 is 0 Å². The van der Waals surface area contributed by atoms with Crippen LogP contribution in [0.25, 0.3) is 0 Å². The number of rotatable bonds is 11. The summed E-state index contributed by atoms with van der Waals surface area (Å²) in [5, 5.41) is 19.3. The zero-order valence-electron chi connectivity index (χ0n) is 20.0. The molecule has 1 saturated heterocycles. The summed E-state index contributed by atoms with van der Waals surface area (Å²) in [4.78, 5) is 39.6. The molecule has 3 rings (SSSR count). The second kappa shape index (κ2) is 11.7. The molecule has 0 aromatic heterocycles. The average molecular weight is 533 g/mol. The van der Waals surface area contributed by atoms with Crippen LogP contribution in [0.5, 0.6) is 5.75 Å². The van der Waals surface area contributed by atoms with Gasteiger partial charge in [-0.05, 0) is 48.5 Å². The molecule has 1 aliphatic rings. The number of methoxy groups -OCH3 is 1. The number of carboxylic acids is 1. The van der Waals surface area contributed by atoms with E-state index in [4.69, 9.17) is 15.9 Å². The van der Waals surface area contributed by atoms with Crippen LogP contribution in [-0.4, -0.2) is 87.9 Å². The van der Waals surface area contributed by atoms with Gasteiger partial charge in [-0.2, -0.15) is 4.72 Å². The van der Waals surface area contributed by atoms with Crippen LogP contribution in [0.15, 0.2) is 53.4 Å². The van der Waals surface area contributed by atoms with Crippen molar-refractivity contribution in [2.75, 3.05) is 44.7 Å². The Morgan fingerprint density at radius 2 is 1.78 bits per heavy atom. The number of hydrogen-bond donors (Lipinski definition) is 5. The Morgan fingerprint density at radius 1 is 1.14 bits per heavy atom. The third kappa shape index (κ3) is 7.17. The molecule has 2 amide bonds. The highest BCUT2D eigenvalue weighted by Crippen LogP contribution is 2.18. The zero-order valence-corrected chi connectivity index (χ0v) is 20.8. The molecule has 1 heterocycles. The summed E-state index contributed by atoms with van der Waals surface area (Å²) >= 11 is 0. The third-order valence-corrected chi connectivity index (χ3v) is 7.15. The zero-order chi connectivity index (χ0) is 27.2. The van der Waals surface area contributed by atoms with Crippen LogP contribution in [0, 0.1) is 5.41 Å². The van der Waals surface area contributed by atoms with Gasteiger partial charge in [0.2, 0.25) is 21.8 Å². The molecule has 1 atom stereocenters. The predicted octanol–water partition coefficient (Wildman–Crippen LogP) is -0.824. The van der Waals surface area contributed by atoms with Gasteiger partial charge in [-0.15, -0.1) is 0 Å². The maximum atomic E-state index is 12.6. The maximum Gasteiger partial charge on any atom is 0.323 e. The first-order valence-electron chi connectivity index (χ1n) is 11.1. The number of amides is 2. The smallest absolute Gasteiger partial charge is 0.323 e. The van der Waals surface area contributed by atoms with Gasteiger partial charge < -0.3 is 30.7 Å². The number of benzene rings is 2. The van der Waals surface area contributed by atoms with Gasteiger partial charge in [-0.25, -0.2) is 8.42 Å². The minimum atomic E-state index is -4.18. The number of nitrogen functional groups attached to an aromatic ring is 1. The van der Waals surface area contributed by atoms with E-state index in [2.05, 4.69) is 10.0 Å². The molecule has 0 bridgehead atoms. The standard InChI is InChI=1S/C23H28N6O7S/c1-36-17-6-8-18(9-7-17)37(34,35)27-19(23(32)33)12-26-20(30)13-29-11-10-28(14-21(29)31)16-4-2-15(3-5-16)22(24)25/h2-9,19,27H,10-14H2,1H3,(H3,24,25)(H,26,30)(H,32,33)/t19-/m0/s1. The maximum absolute atomic E-state index is 12.6. The molecule has 13 nitrogen and oxygen atoms in total. The number of aliphatic carboxylic acids is 1. The molecule has 1 aliphatic heterocycles. The lowest BCUT2D eigenvalue weighted by Gasteiger charge is -2.35. The number of sulfonamides is 1. The van der Waals surface area contributed by atoms with E-state index in [1.165, 1.54) is 36.3 Å².